The van der Waals surface area contributed by atoms with E-state index in [1.807, 2.05) is 24.7 Å². The highest BCUT2D eigenvalue weighted by molar-refractivity contribution is 7.91. The molecule has 1 aliphatic heterocycles. The monoisotopic (exact) mass is 271 g/mol. The van der Waals surface area contributed by atoms with Gasteiger partial charge in [-0.25, -0.2) is 8.42 Å². The molecular formula is C12H21N3O2S. The number of nitrogens with zero attached hydrogens (tertiary/aromatic N) is 2. The molecule has 0 radical (unpaired) electrons. The van der Waals surface area contributed by atoms with Gasteiger partial charge in [-0.15, -0.1) is 0 Å². The Kier molecular flexibility index (Phi) is 3.51. The lowest BCUT2D eigenvalue weighted by Gasteiger charge is -2.24. The first-order valence-corrected chi connectivity index (χ1v) is 8.15. The van der Waals surface area contributed by atoms with Crippen molar-refractivity contribution in [1.29, 1.82) is 0 Å². The summed E-state index contributed by atoms with van der Waals surface area (Å²) in [5.74, 6) is 0.458. The van der Waals surface area contributed by atoms with Gasteiger partial charge in [-0.1, -0.05) is 0 Å². The molecular weight excluding hydrogens is 250 g/mol. The zero-order chi connectivity index (χ0) is 13.4. The minimum absolute atomic E-state index is 0.193. The summed E-state index contributed by atoms with van der Waals surface area (Å²) in [4.78, 5) is 0. The Morgan fingerprint density at radius 3 is 2.83 bits per heavy atom. The highest BCUT2D eigenvalue weighted by Crippen LogP contribution is 2.31. The van der Waals surface area contributed by atoms with Gasteiger partial charge < -0.3 is 5.73 Å². The Hall–Kier alpha value is -0.880. The molecule has 0 saturated carbocycles. The molecule has 1 unspecified atom stereocenters. The molecule has 18 heavy (non-hydrogen) atoms. The van der Waals surface area contributed by atoms with E-state index in [0.717, 1.165) is 18.5 Å². The summed E-state index contributed by atoms with van der Waals surface area (Å²) in [7, 11) is -2.91. The standard InChI is InChI=1S/C12H21N3O2S/c1-10-11(4-3-6-13)8-14-15(10)12(2)5-7-18(16,17)9-12/h8H,3-7,9,13H2,1-2H3. The minimum atomic E-state index is -2.91. The Morgan fingerprint density at radius 2 is 2.28 bits per heavy atom. The normalized spacial score (nSPS) is 26.6. The summed E-state index contributed by atoms with van der Waals surface area (Å²) in [6.45, 7) is 4.65. The van der Waals surface area contributed by atoms with Crippen LogP contribution in [0.25, 0.3) is 0 Å². The molecule has 1 saturated heterocycles. The van der Waals surface area contributed by atoms with Gasteiger partial charge in [-0.05, 0) is 45.2 Å². The van der Waals surface area contributed by atoms with Crippen LogP contribution in [0.3, 0.4) is 0 Å². The van der Waals surface area contributed by atoms with E-state index < -0.39 is 9.84 Å². The maximum Gasteiger partial charge on any atom is 0.152 e. The van der Waals surface area contributed by atoms with Crippen molar-refractivity contribution in [1.82, 2.24) is 9.78 Å². The third kappa shape index (κ3) is 2.44. The van der Waals surface area contributed by atoms with Crippen molar-refractivity contribution in [2.45, 2.75) is 38.6 Å². The molecule has 2 heterocycles. The van der Waals surface area contributed by atoms with Gasteiger partial charge in [-0.3, -0.25) is 4.68 Å². The summed E-state index contributed by atoms with van der Waals surface area (Å²) in [6, 6.07) is 0. The van der Waals surface area contributed by atoms with E-state index in [1.165, 1.54) is 5.56 Å². The number of nitrogens with two attached hydrogens (primary N) is 1. The average Bonchev–Trinajstić information content (AvgIpc) is 2.78. The summed E-state index contributed by atoms with van der Waals surface area (Å²) in [5.41, 5.74) is 7.37. The molecule has 0 bridgehead atoms. The molecule has 102 valence electrons. The van der Waals surface area contributed by atoms with Gasteiger partial charge in [0.15, 0.2) is 9.84 Å². The van der Waals surface area contributed by atoms with Crippen LogP contribution in [-0.2, 0) is 21.8 Å². The van der Waals surface area contributed by atoms with E-state index in [0.29, 0.717) is 13.0 Å². The molecule has 0 aliphatic carbocycles. The minimum Gasteiger partial charge on any atom is -0.330 e. The van der Waals surface area contributed by atoms with Crippen LogP contribution in [0.1, 0.15) is 31.0 Å². The largest absolute Gasteiger partial charge is 0.330 e. The number of aryl methyl sites for hydroxylation is 1. The summed E-state index contributed by atoms with van der Waals surface area (Å²) >= 11 is 0. The van der Waals surface area contributed by atoms with Crippen molar-refractivity contribution < 1.29 is 8.42 Å². The van der Waals surface area contributed by atoms with Crippen molar-refractivity contribution in [3.8, 4) is 0 Å². The van der Waals surface area contributed by atoms with Crippen LogP contribution >= 0.6 is 0 Å². The molecule has 0 amide bonds. The lowest BCUT2D eigenvalue weighted by Crippen LogP contribution is -2.33. The van der Waals surface area contributed by atoms with Crippen LogP contribution in [-0.4, -0.2) is 36.2 Å². The van der Waals surface area contributed by atoms with E-state index in [4.69, 9.17) is 5.73 Å². The van der Waals surface area contributed by atoms with Crippen LogP contribution in [0.5, 0.6) is 0 Å². The lowest BCUT2D eigenvalue weighted by molar-refractivity contribution is 0.321. The topological polar surface area (TPSA) is 78.0 Å². The van der Waals surface area contributed by atoms with Gasteiger partial charge in [-0.2, -0.15) is 5.10 Å². The van der Waals surface area contributed by atoms with E-state index in [-0.39, 0.29) is 17.0 Å². The second-order valence-corrected chi connectivity index (χ2v) is 7.58. The second-order valence-electron chi connectivity index (χ2n) is 5.40. The van der Waals surface area contributed by atoms with Crippen molar-refractivity contribution >= 4 is 9.84 Å². The first kappa shape index (κ1) is 13.5. The van der Waals surface area contributed by atoms with Crippen molar-refractivity contribution in [3.05, 3.63) is 17.5 Å². The quantitative estimate of drug-likeness (QED) is 0.870. The van der Waals surface area contributed by atoms with Crippen LogP contribution in [0, 0.1) is 6.92 Å². The molecule has 6 heteroatoms. The summed E-state index contributed by atoms with van der Waals surface area (Å²) in [6.07, 6.45) is 4.34. The van der Waals surface area contributed by atoms with E-state index in [9.17, 15) is 8.42 Å². The van der Waals surface area contributed by atoms with Gasteiger partial charge in [0.25, 0.3) is 0 Å². The third-order valence-corrected chi connectivity index (χ3v) is 5.64. The Labute approximate surface area is 108 Å². The Bertz CT molecular complexity index is 536. The second kappa shape index (κ2) is 4.66. The third-order valence-electron chi connectivity index (χ3n) is 3.76. The zero-order valence-corrected chi connectivity index (χ0v) is 11.8. The maximum atomic E-state index is 11.7. The van der Waals surface area contributed by atoms with E-state index in [1.54, 1.807) is 0 Å². The zero-order valence-electron chi connectivity index (χ0n) is 11.0. The van der Waals surface area contributed by atoms with Gasteiger partial charge in [0, 0.05) is 5.69 Å². The van der Waals surface area contributed by atoms with Gasteiger partial charge in [0.2, 0.25) is 0 Å². The number of rotatable bonds is 4. The number of sulfone groups is 1. The maximum absolute atomic E-state index is 11.7. The average molecular weight is 271 g/mol. The summed E-state index contributed by atoms with van der Waals surface area (Å²) in [5, 5.41) is 4.40. The predicted molar refractivity (Wildman–Crippen MR) is 71.3 cm³/mol. The van der Waals surface area contributed by atoms with Crippen LogP contribution in [0.2, 0.25) is 0 Å². The fraction of sp³-hybridized carbons (Fsp3) is 0.750. The number of aromatic nitrogens is 2. The smallest absolute Gasteiger partial charge is 0.152 e. The molecule has 1 aromatic rings. The van der Waals surface area contributed by atoms with E-state index >= 15 is 0 Å². The highest BCUT2D eigenvalue weighted by Gasteiger charge is 2.41. The molecule has 5 nitrogen and oxygen atoms in total. The van der Waals surface area contributed by atoms with Gasteiger partial charge in [0.1, 0.15) is 0 Å². The van der Waals surface area contributed by atoms with Crippen molar-refractivity contribution in [2.75, 3.05) is 18.1 Å². The lowest BCUT2D eigenvalue weighted by atomic mass is 10.0. The highest BCUT2D eigenvalue weighted by atomic mass is 32.2. The fourth-order valence-electron chi connectivity index (χ4n) is 2.69. The molecule has 2 rings (SSSR count). The van der Waals surface area contributed by atoms with Crippen LogP contribution in [0.15, 0.2) is 6.20 Å². The van der Waals surface area contributed by atoms with Gasteiger partial charge in [0.05, 0.1) is 23.2 Å². The Balaban J connectivity index is 2.27. The number of hydrogen-bond acceptors (Lipinski definition) is 4. The fourth-order valence-corrected chi connectivity index (χ4v) is 4.80. The molecule has 1 atom stereocenters. The van der Waals surface area contributed by atoms with Crippen molar-refractivity contribution in [2.24, 2.45) is 5.73 Å². The molecule has 1 fully saturated rings. The molecule has 1 aliphatic rings. The van der Waals surface area contributed by atoms with Crippen LogP contribution < -0.4 is 5.73 Å². The molecule has 0 spiro atoms. The first-order chi connectivity index (χ1) is 8.38. The van der Waals surface area contributed by atoms with Gasteiger partial charge >= 0.3 is 0 Å². The molecule has 1 aromatic heterocycles. The Morgan fingerprint density at radius 1 is 1.56 bits per heavy atom. The molecule has 2 N–H and O–H groups in total. The van der Waals surface area contributed by atoms with Crippen molar-refractivity contribution in [3.63, 3.8) is 0 Å². The number of hydrogen-bond donors (Lipinski definition) is 1. The SMILES string of the molecule is Cc1c(CCCN)cnn1C1(C)CCS(=O)(=O)C1. The first-order valence-electron chi connectivity index (χ1n) is 6.32. The summed E-state index contributed by atoms with van der Waals surface area (Å²) < 4.78 is 25.2. The predicted octanol–water partition coefficient (Wildman–Crippen LogP) is 0.617. The molecule has 0 aromatic carbocycles. The van der Waals surface area contributed by atoms with Crippen LogP contribution in [0.4, 0.5) is 0 Å². The van der Waals surface area contributed by atoms with E-state index in [2.05, 4.69) is 5.10 Å².